The first-order chi connectivity index (χ1) is 16.8. The molecule has 0 spiro atoms. The predicted molar refractivity (Wildman–Crippen MR) is 135 cm³/mol. The summed E-state index contributed by atoms with van der Waals surface area (Å²) in [4.78, 5) is 47.3. The number of allylic oxidation sites excluding steroid dienone is 1. The molecule has 8 heteroatoms. The highest BCUT2D eigenvalue weighted by atomic mass is 32.1. The van der Waals surface area contributed by atoms with Crippen LogP contribution in [-0.4, -0.2) is 29.1 Å². The van der Waals surface area contributed by atoms with Gasteiger partial charge in [0.2, 0.25) is 0 Å². The quantitative estimate of drug-likeness (QED) is 0.530. The first kappa shape index (κ1) is 23.0. The van der Waals surface area contributed by atoms with Gasteiger partial charge in [0.1, 0.15) is 4.53 Å². The number of carbonyl (C=O) groups is 2. The van der Waals surface area contributed by atoms with E-state index in [4.69, 9.17) is 4.74 Å². The monoisotopic (exact) mass is 487 g/mol. The molecule has 0 saturated carbocycles. The smallest absolute Gasteiger partial charge is 0.338 e. The summed E-state index contributed by atoms with van der Waals surface area (Å²) in [6.07, 6.45) is -0.321. The fraction of sp³-hybridized carbons (Fsp3) is 0.259. The van der Waals surface area contributed by atoms with Gasteiger partial charge in [0.05, 0.1) is 34.7 Å². The number of likely N-dealkylation sites (N-methyl/N-ethyl adjacent to an activating group) is 1. The largest absolute Gasteiger partial charge is 0.459 e. The van der Waals surface area contributed by atoms with Crippen LogP contribution in [0.1, 0.15) is 44.9 Å². The number of rotatable bonds is 4. The van der Waals surface area contributed by atoms with E-state index >= 15 is 0 Å². The molecule has 1 atom stereocenters. The zero-order valence-electron chi connectivity index (χ0n) is 19.9. The number of ether oxygens (including phenoxy) is 1. The third-order valence-corrected chi connectivity index (χ3v) is 7.20. The Labute approximate surface area is 206 Å². The van der Waals surface area contributed by atoms with Crippen molar-refractivity contribution in [1.82, 2.24) is 4.57 Å². The summed E-state index contributed by atoms with van der Waals surface area (Å²) in [5, 5.41) is 0. The molecule has 0 aliphatic carbocycles. The fourth-order valence-electron chi connectivity index (χ4n) is 4.67. The SMILES string of the molecule is CCN1C(=O)/C(=c2\sc3n(c2=O)[C@@H](c2ccccc2)C(C(=O)OC(C)C)=C(C)N=3)c2ccccc21. The van der Waals surface area contributed by atoms with Crippen molar-refractivity contribution in [3.8, 4) is 0 Å². The van der Waals surface area contributed by atoms with Crippen molar-refractivity contribution < 1.29 is 14.3 Å². The van der Waals surface area contributed by atoms with Crippen molar-refractivity contribution in [1.29, 1.82) is 0 Å². The number of amides is 1. The molecule has 0 N–H and O–H groups in total. The minimum atomic E-state index is -0.706. The molecule has 5 rings (SSSR count). The zero-order chi connectivity index (χ0) is 24.9. The van der Waals surface area contributed by atoms with Crippen molar-refractivity contribution in [3.63, 3.8) is 0 Å². The van der Waals surface area contributed by atoms with Gasteiger partial charge in [-0.05, 0) is 39.3 Å². The second-order valence-electron chi connectivity index (χ2n) is 8.71. The molecule has 2 aliphatic rings. The van der Waals surface area contributed by atoms with Gasteiger partial charge in [-0.15, -0.1) is 0 Å². The highest BCUT2D eigenvalue weighted by Crippen LogP contribution is 2.35. The van der Waals surface area contributed by atoms with Gasteiger partial charge in [0.25, 0.3) is 11.5 Å². The van der Waals surface area contributed by atoms with E-state index in [9.17, 15) is 14.4 Å². The van der Waals surface area contributed by atoms with Crippen molar-refractivity contribution in [2.24, 2.45) is 4.99 Å². The molecule has 1 aromatic heterocycles. The second-order valence-corrected chi connectivity index (χ2v) is 9.69. The van der Waals surface area contributed by atoms with E-state index in [1.54, 1.807) is 25.7 Å². The molecule has 0 radical (unpaired) electrons. The summed E-state index contributed by atoms with van der Waals surface area (Å²) >= 11 is 1.18. The summed E-state index contributed by atoms with van der Waals surface area (Å²) in [5.41, 5.74) is 3.14. The third-order valence-electron chi connectivity index (χ3n) is 6.14. The fourth-order valence-corrected chi connectivity index (χ4v) is 5.81. The van der Waals surface area contributed by atoms with Crippen LogP contribution in [0.25, 0.3) is 5.57 Å². The number of benzene rings is 2. The van der Waals surface area contributed by atoms with Crippen LogP contribution in [0.15, 0.2) is 75.7 Å². The van der Waals surface area contributed by atoms with Gasteiger partial charge in [0, 0.05) is 12.1 Å². The lowest BCUT2D eigenvalue weighted by Gasteiger charge is -2.25. The Morgan fingerprint density at radius 3 is 2.46 bits per heavy atom. The molecule has 178 valence electrons. The summed E-state index contributed by atoms with van der Waals surface area (Å²) in [6.45, 7) is 7.72. The molecule has 0 saturated heterocycles. The molecule has 2 aromatic carbocycles. The van der Waals surface area contributed by atoms with Crippen molar-refractivity contribution in [2.75, 3.05) is 11.4 Å². The number of carbonyl (C=O) groups excluding carboxylic acids is 2. The van der Waals surface area contributed by atoms with Crippen LogP contribution in [0.3, 0.4) is 0 Å². The molecule has 1 amide bonds. The molecular formula is C27H25N3O4S. The number of anilines is 1. The lowest BCUT2D eigenvalue weighted by atomic mass is 9.96. The number of thiazole rings is 1. The molecule has 3 aromatic rings. The maximum absolute atomic E-state index is 14.0. The number of nitrogens with zero attached hydrogens (tertiary/aromatic N) is 3. The Hall–Kier alpha value is -3.78. The lowest BCUT2D eigenvalue weighted by molar-refractivity contribution is -0.143. The maximum atomic E-state index is 14.0. The number of fused-ring (bicyclic) bond motifs is 2. The molecular weight excluding hydrogens is 462 g/mol. The van der Waals surface area contributed by atoms with Crippen LogP contribution in [0.2, 0.25) is 0 Å². The molecule has 0 unspecified atom stereocenters. The van der Waals surface area contributed by atoms with Gasteiger partial charge in [-0.1, -0.05) is 59.9 Å². The average Bonchev–Trinajstić information content (AvgIpc) is 3.30. The first-order valence-corrected chi connectivity index (χ1v) is 12.4. The van der Waals surface area contributed by atoms with Crippen LogP contribution in [0.5, 0.6) is 0 Å². The van der Waals surface area contributed by atoms with Crippen LogP contribution >= 0.6 is 11.3 Å². The van der Waals surface area contributed by atoms with E-state index < -0.39 is 12.0 Å². The van der Waals surface area contributed by atoms with Gasteiger partial charge < -0.3 is 9.64 Å². The van der Waals surface area contributed by atoms with Gasteiger partial charge in [-0.25, -0.2) is 9.79 Å². The van der Waals surface area contributed by atoms with Crippen LogP contribution in [0, 0.1) is 0 Å². The number of hydrogen-bond acceptors (Lipinski definition) is 6. The van der Waals surface area contributed by atoms with Crippen LogP contribution in [-0.2, 0) is 14.3 Å². The van der Waals surface area contributed by atoms with Gasteiger partial charge >= 0.3 is 5.97 Å². The average molecular weight is 488 g/mol. The van der Waals surface area contributed by atoms with Gasteiger partial charge in [-0.3, -0.25) is 14.2 Å². The number of hydrogen-bond donors (Lipinski definition) is 0. The Morgan fingerprint density at radius 2 is 1.77 bits per heavy atom. The van der Waals surface area contributed by atoms with Crippen LogP contribution in [0.4, 0.5) is 5.69 Å². The van der Waals surface area contributed by atoms with E-state index in [-0.39, 0.29) is 17.6 Å². The topological polar surface area (TPSA) is 81.0 Å². The van der Waals surface area contributed by atoms with E-state index in [0.717, 1.165) is 16.8 Å². The van der Waals surface area contributed by atoms with Crippen molar-refractivity contribution >= 4 is 34.5 Å². The van der Waals surface area contributed by atoms with Crippen molar-refractivity contribution in [2.45, 2.75) is 39.8 Å². The number of esters is 1. The standard InChI is InChI=1S/C27H25N3O4S/c1-5-29-19-14-10-9-13-18(19)21(24(29)31)23-25(32)30-22(17-11-7-6-8-12-17)20(26(33)34-15(2)3)16(4)28-27(30)35-23/h6-15,22H,5H2,1-4H3/b23-21-/t22-/m0/s1. The van der Waals surface area contributed by atoms with Crippen LogP contribution < -0.4 is 19.8 Å². The third kappa shape index (κ3) is 3.65. The Balaban J connectivity index is 1.81. The Morgan fingerprint density at radius 1 is 1.09 bits per heavy atom. The lowest BCUT2D eigenvalue weighted by Crippen LogP contribution is -2.41. The molecule has 35 heavy (non-hydrogen) atoms. The summed E-state index contributed by atoms with van der Waals surface area (Å²) < 4.78 is 7.38. The number of para-hydroxylation sites is 1. The zero-order valence-corrected chi connectivity index (χ0v) is 20.8. The minimum absolute atomic E-state index is 0.203. The Bertz CT molecular complexity index is 1560. The molecule has 7 nitrogen and oxygen atoms in total. The second kappa shape index (κ2) is 8.78. The first-order valence-electron chi connectivity index (χ1n) is 11.6. The highest BCUT2D eigenvalue weighted by Gasteiger charge is 2.37. The summed E-state index contributed by atoms with van der Waals surface area (Å²) in [6, 6.07) is 16.1. The Kier molecular flexibility index (Phi) is 5.76. The molecule has 0 fully saturated rings. The van der Waals surface area contributed by atoms with E-state index in [1.165, 1.54) is 15.9 Å². The predicted octanol–water partition coefficient (Wildman–Crippen LogP) is 2.92. The molecule has 3 heterocycles. The maximum Gasteiger partial charge on any atom is 0.338 e. The molecule has 2 aliphatic heterocycles. The highest BCUT2D eigenvalue weighted by molar-refractivity contribution is 7.07. The summed E-state index contributed by atoms with van der Waals surface area (Å²) in [7, 11) is 0. The van der Waals surface area contributed by atoms with Gasteiger partial charge in [-0.2, -0.15) is 0 Å². The minimum Gasteiger partial charge on any atom is -0.459 e. The van der Waals surface area contributed by atoms with E-state index in [0.29, 0.717) is 32.7 Å². The normalized spacial score (nSPS) is 18.5. The van der Waals surface area contributed by atoms with Crippen molar-refractivity contribution in [3.05, 3.63) is 96.7 Å². The number of aromatic nitrogens is 1. The van der Waals surface area contributed by atoms with Gasteiger partial charge in [0.15, 0.2) is 4.80 Å². The molecule has 0 bridgehead atoms. The van der Waals surface area contributed by atoms with E-state index in [2.05, 4.69) is 4.99 Å². The summed E-state index contributed by atoms with van der Waals surface area (Å²) in [5.74, 6) is -0.710. The van der Waals surface area contributed by atoms with E-state index in [1.807, 2.05) is 61.5 Å².